The topological polar surface area (TPSA) is 133 Å². The first-order chi connectivity index (χ1) is 12.8. The smallest absolute Gasteiger partial charge is 0.419 e. The van der Waals surface area contributed by atoms with E-state index in [1.165, 1.54) is 18.7 Å². The molecule has 0 radical (unpaired) electrons. The number of hydrogen-bond acceptors (Lipinski definition) is 7. The summed E-state index contributed by atoms with van der Waals surface area (Å²) in [5.74, 6) is 0.368. The van der Waals surface area contributed by atoms with Gasteiger partial charge in [0, 0.05) is 17.8 Å². The molecule has 0 amide bonds. The maximum absolute atomic E-state index is 11.4. The van der Waals surface area contributed by atoms with Crippen LogP contribution in [-0.4, -0.2) is 54.6 Å². The minimum Gasteiger partial charge on any atom is -0.464 e. The normalized spacial score (nSPS) is 11.2. The lowest BCUT2D eigenvalue weighted by atomic mass is 9.96. The van der Waals surface area contributed by atoms with Crippen LogP contribution in [-0.2, 0) is 10.2 Å². The van der Waals surface area contributed by atoms with E-state index < -0.39 is 23.2 Å². The molecule has 0 saturated carbocycles. The van der Waals surface area contributed by atoms with Gasteiger partial charge in [0.1, 0.15) is 29.1 Å². The van der Waals surface area contributed by atoms with Crippen molar-refractivity contribution < 1.29 is 29.0 Å². The molecule has 0 spiro atoms. The van der Waals surface area contributed by atoms with Crippen molar-refractivity contribution in [1.82, 2.24) is 19.1 Å². The molecule has 1 N–H and O–H groups in total. The predicted molar refractivity (Wildman–Crippen MR) is 99.0 cm³/mol. The third-order valence-electron chi connectivity index (χ3n) is 3.05. The van der Waals surface area contributed by atoms with Crippen LogP contribution in [0.1, 0.15) is 68.3 Å². The highest BCUT2D eigenvalue weighted by Gasteiger charge is 2.24. The number of hydrogen-bond donors (Lipinski definition) is 1. The molecule has 0 unspecified atom stereocenters. The molecule has 0 atom stereocenters. The van der Waals surface area contributed by atoms with Crippen molar-refractivity contribution >= 4 is 24.8 Å². The van der Waals surface area contributed by atoms with E-state index in [1.807, 2.05) is 20.8 Å². The zero-order valence-corrected chi connectivity index (χ0v) is 16.7. The van der Waals surface area contributed by atoms with Crippen molar-refractivity contribution in [3.8, 4) is 0 Å². The van der Waals surface area contributed by atoms with Crippen molar-refractivity contribution in [2.45, 2.75) is 52.6 Å². The summed E-state index contributed by atoms with van der Waals surface area (Å²) in [7, 11) is 0. The third kappa shape index (κ3) is 6.45. The molecule has 0 aliphatic carbocycles. The molecule has 28 heavy (non-hydrogen) atoms. The molecule has 0 fully saturated rings. The minimum absolute atomic E-state index is 0.136. The van der Waals surface area contributed by atoms with Gasteiger partial charge in [-0.1, -0.05) is 20.8 Å². The Kier molecular flexibility index (Phi) is 6.98. The van der Waals surface area contributed by atoms with Crippen LogP contribution in [0.4, 0.5) is 9.59 Å². The fraction of sp³-hybridized carbons (Fsp3) is 0.444. The lowest BCUT2D eigenvalue weighted by Gasteiger charge is -2.18. The Hall–Kier alpha value is -3.30. The number of aldehydes is 2. The average molecular weight is 392 g/mol. The molecule has 2 rings (SSSR count). The maximum Gasteiger partial charge on any atom is 0.419 e. The molecule has 152 valence electrons. The number of nitrogens with zero attached hydrogens (tertiary/aromatic N) is 4. The van der Waals surface area contributed by atoms with Crippen LogP contribution >= 0.6 is 0 Å². The first-order valence-corrected chi connectivity index (χ1v) is 8.29. The van der Waals surface area contributed by atoms with Gasteiger partial charge in [0.05, 0.1) is 0 Å². The van der Waals surface area contributed by atoms with E-state index in [4.69, 9.17) is 9.84 Å². The summed E-state index contributed by atoms with van der Waals surface area (Å²) < 4.78 is 7.16. The number of carbonyl (C=O) groups is 4. The summed E-state index contributed by atoms with van der Waals surface area (Å²) in [4.78, 5) is 50.5. The molecule has 10 nitrogen and oxygen atoms in total. The SMILES string of the molecule is CC(C)(C)OC(=O)n1cnc(C=O)c1.CC(C)(C)c1nc(C=O)cn1C(=O)O. The van der Waals surface area contributed by atoms with Crippen molar-refractivity contribution in [3.63, 3.8) is 0 Å². The highest BCUT2D eigenvalue weighted by atomic mass is 16.6. The summed E-state index contributed by atoms with van der Waals surface area (Å²) >= 11 is 0. The van der Waals surface area contributed by atoms with Crippen LogP contribution in [0.25, 0.3) is 0 Å². The van der Waals surface area contributed by atoms with Gasteiger partial charge < -0.3 is 9.84 Å². The van der Waals surface area contributed by atoms with Gasteiger partial charge in [0.15, 0.2) is 12.6 Å². The highest BCUT2D eigenvalue weighted by Crippen LogP contribution is 2.21. The summed E-state index contributed by atoms with van der Waals surface area (Å²) in [6, 6.07) is 0. The summed E-state index contributed by atoms with van der Waals surface area (Å²) in [5.41, 5.74) is -0.615. The Labute approximate surface area is 162 Å². The van der Waals surface area contributed by atoms with Gasteiger partial charge >= 0.3 is 12.2 Å². The zero-order chi connectivity index (χ0) is 21.7. The van der Waals surface area contributed by atoms with Crippen LogP contribution in [0.2, 0.25) is 0 Å². The summed E-state index contributed by atoms with van der Waals surface area (Å²) in [5, 5.41) is 8.84. The van der Waals surface area contributed by atoms with E-state index in [-0.39, 0.29) is 11.4 Å². The monoisotopic (exact) mass is 392 g/mol. The Bertz CT molecular complexity index is 868. The van der Waals surface area contributed by atoms with Gasteiger partial charge in [0.2, 0.25) is 0 Å². The van der Waals surface area contributed by atoms with Crippen LogP contribution in [0.3, 0.4) is 0 Å². The lowest BCUT2D eigenvalue weighted by Crippen LogP contribution is -2.26. The zero-order valence-electron chi connectivity index (χ0n) is 16.7. The quantitative estimate of drug-likeness (QED) is 0.771. The van der Waals surface area contributed by atoms with E-state index >= 15 is 0 Å². The number of carbonyl (C=O) groups excluding carboxylic acids is 3. The highest BCUT2D eigenvalue weighted by molar-refractivity contribution is 5.76. The molecule has 10 heteroatoms. The standard InChI is InChI=1S/2C9H12N2O3/c1-9(2,3)14-8(13)11-4-7(5-12)10-6-11;1-9(2,3)7-10-6(5-12)4-11(7)8(13)14/h4-6H,1-3H3;4-5H,1-3H3,(H,13,14). The number of aromatic nitrogens is 4. The molecular formula is C18H24N4O6. The number of imidazole rings is 2. The van der Waals surface area contributed by atoms with E-state index in [9.17, 15) is 19.2 Å². The van der Waals surface area contributed by atoms with Gasteiger partial charge in [-0.2, -0.15) is 0 Å². The second kappa shape index (κ2) is 8.59. The molecular weight excluding hydrogens is 368 g/mol. The summed E-state index contributed by atoms with van der Waals surface area (Å²) in [6.45, 7) is 10.8. The van der Waals surface area contributed by atoms with Crippen molar-refractivity contribution in [2.24, 2.45) is 0 Å². The molecule has 2 heterocycles. The average Bonchev–Trinajstić information content (AvgIpc) is 3.20. The maximum atomic E-state index is 11.4. The number of carboxylic acid groups (broad SMARTS) is 1. The van der Waals surface area contributed by atoms with E-state index in [1.54, 1.807) is 20.8 Å². The van der Waals surface area contributed by atoms with Crippen LogP contribution in [0, 0.1) is 0 Å². The predicted octanol–water partition coefficient (Wildman–Crippen LogP) is 3.00. The van der Waals surface area contributed by atoms with Crippen LogP contribution < -0.4 is 0 Å². The van der Waals surface area contributed by atoms with Crippen LogP contribution in [0.5, 0.6) is 0 Å². The Morgan fingerprint density at radius 1 is 1.04 bits per heavy atom. The van der Waals surface area contributed by atoms with Gasteiger partial charge in [-0.3, -0.25) is 9.59 Å². The third-order valence-corrected chi connectivity index (χ3v) is 3.05. The van der Waals surface area contributed by atoms with Crippen molar-refractivity contribution in [1.29, 1.82) is 0 Å². The van der Waals surface area contributed by atoms with E-state index in [2.05, 4.69) is 9.97 Å². The molecule has 0 aromatic carbocycles. The van der Waals surface area contributed by atoms with Crippen molar-refractivity contribution in [2.75, 3.05) is 0 Å². The Morgan fingerprint density at radius 2 is 1.61 bits per heavy atom. The molecule has 2 aromatic rings. The molecule has 0 aliphatic rings. The van der Waals surface area contributed by atoms with Gasteiger partial charge in [-0.05, 0) is 20.8 Å². The van der Waals surface area contributed by atoms with Crippen molar-refractivity contribution in [3.05, 3.63) is 35.9 Å². The second-order valence-corrected chi connectivity index (χ2v) is 7.81. The molecule has 0 saturated heterocycles. The number of rotatable bonds is 2. The van der Waals surface area contributed by atoms with Crippen LogP contribution in [0.15, 0.2) is 18.7 Å². The fourth-order valence-electron chi connectivity index (χ4n) is 1.94. The van der Waals surface area contributed by atoms with E-state index in [0.717, 1.165) is 9.13 Å². The van der Waals surface area contributed by atoms with Gasteiger partial charge in [0.25, 0.3) is 0 Å². The van der Waals surface area contributed by atoms with E-state index in [0.29, 0.717) is 18.4 Å². The second-order valence-electron chi connectivity index (χ2n) is 7.81. The first kappa shape index (κ1) is 22.7. The lowest BCUT2D eigenvalue weighted by molar-refractivity contribution is 0.0536. The molecule has 2 aromatic heterocycles. The Morgan fingerprint density at radius 3 is 1.96 bits per heavy atom. The number of ether oxygens (including phenoxy) is 1. The Balaban J connectivity index is 0.000000280. The van der Waals surface area contributed by atoms with Gasteiger partial charge in [-0.15, -0.1) is 0 Å². The first-order valence-electron chi connectivity index (χ1n) is 8.29. The summed E-state index contributed by atoms with van der Waals surface area (Å²) in [6.07, 6.45) is 3.22. The minimum atomic E-state index is -1.13. The van der Waals surface area contributed by atoms with Gasteiger partial charge in [-0.25, -0.2) is 28.7 Å². The molecule has 0 aliphatic heterocycles. The molecule has 0 bridgehead atoms. The largest absolute Gasteiger partial charge is 0.464 e. The fourth-order valence-corrected chi connectivity index (χ4v) is 1.94.